The molecule has 1 aromatic rings. The van der Waals surface area contributed by atoms with Gasteiger partial charge in [-0.2, -0.15) is 12.6 Å². The number of carbonyl (C=O) groups excluding carboxylic acids is 1. The number of benzene rings is 1. The Hall–Kier alpha value is -1.01. The topological polar surface area (TPSA) is 63.2 Å². The van der Waals surface area contributed by atoms with Crippen LogP contribution in [0.15, 0.2) is 30.3 Å². The number of nitrogens with one attached hydrogen (secondary N) is 1. The van der Waals surface area contributed by atoms with Crippen LogP contribution in [0, 0.1) is 0 Å². The third-order valence-corrected chi connectivity index (χ3v) is 5.84. The summed E-state index contributed by atoms with van der Waals surface area (Å²) in [5.74, 6) is -0.256. The molecule has 0 spiro atoms. The predicted molar refractivity (Wildman–Crippen MR) is 84.9 cm³/mol. The maximum absolute atomic E-state index is 11.9. The maximum atomic E-state index is 11.9. The minimum absolute atomic E-state index is 0.0799. The van der Waals surface area contributed by atoms with Crippen LogP contribution in [0.3, 0.4) is 0 Å². The fourth-order valence-corrected chi connectivity index (χ4v) is 2.12. The predicted octanol–water partition coefficient (Wildman–Crippen LogP) is 1.47. The SMILES string of the molecule is CC(C)(CNC(=O)C(S)Cc1ccccc1)S(C)(=O)=O. The first kappa shape index (κ1) is 17.0. The Morgan fingerprint density at radius 2 is 1.85 bits per heavy atom. The highest BCUT2D eigenvalue weighted by Gasteiger charge is 2.31. The third kappa shape index (κ3) is 4.83. The number of hydrogen-bond donors (Lipinski definition) is 2. The molecule has 1 N–H and O–H groups in total. The zero-order valence-corrected chi connectivity index (χ0v) is 13.7. The molecule has 4 nitrogen and oxygen atoms in total. The summed E-state index contributed by atoms with van der Waals surface area (Å²) < 4.78 is 22.1. The quantitative estimate of drug-likeness (QED) is 0.781. The number of sulfone groups is 1. The highest BCUT2D eigenvalue weighted by molar-refractivity contribution is 7.92. The number of carbonyl (C=O) groups is 1. The molecular formula is C14H21NO3S2. The minimum Gasteiger partial charge on any atom is -0.354 e. The van der Waals surface area contributed by atoms with Crippen molar-refractivity contribution in [3.8, 4) is 0 Å². The van der Waals surface area contributed by atoms with E-state index >= 15 is 0 Å². The normalized spacial score (nSPS) is 13.8. The van der Waals surface area contributed by atoms with Crippen molar-refractivity contribution in [3.05, 3.63) is 35.9 Å². The largest absolute Gasteiger partial charge is 0.354 e. The first-order valence-electron chi connectivity index (χ1n) is 6.33. The van der Waals surface area contributed by atoms with E-state index in [1.807, 2.05) is 30.3 Å². The number of amides is 1. The average molecular weight is 315 g/mol. The van der Waals surface area contributed by atoms with Crippen LogP contribution in [0.5, 0.6) is 0 Å². The van der Waals surface area contributed by atoms with Gasteiger partial charge < -0.3 is 5.32 Å². The number of rotatable bonds is 6. The van der Waals surface area contributed by atoms with Gasteiger partial charge in [-0.05, 0) is 25.8 Å². The van der Waals surface area contributed by atoms with E-state index in [0.717, 1.165) is 5.56 Å². The molecule has 1 rings (SSSR count). The van der Waals surface area contributed by atoms with Crippen LogP contribution in [0.25, 0.3) is 0 Å². The third-order valence-electron chi connectivity index (χ3n) is 3.27. The molecule has 0 saturated carbocycles. The molecule has 6 heteroatoms. The van der Waals surface area contributed by atoms with E-state index in [0.29, 0.717) is 6.42 Å². The summed E-state index contributed by atoms with van der Waals surface area (Å²) in [5, 5.41) is 2.16. The molecular weight excluding hydrogens is 294 g/mol. The molecule has 0 fully saturated rings. The minimum atomic E-state index is -3.22. The second kappa shape index (κ2) is 6.63. The van der Waals surface area contributed by atoms with E-state index in [1.54, 1.807) is 13.8 Å². The second-order valence-electron chi connectivity index (χ2n) is 5.46. The van der Waals surface area contributed by atoms with Gasteiger partial charge in [0.05, 0.1) is 10.00 Å². The van der Waals surface area contributed by atoms with Gasteiger partial charge in [0, 0.05) is 12.8 Å². The van der Waals surface area contributed by atoms with E-state index in [1.165, 1.54) is 6.26 Å². The molecule has 0 saturated heterocycles. The van der Waals surface area contributed by atoms with Crippen molar-refractivity contribution in [1.29, 1.82) is 0 Å². The van der Waals surface area contributed by atoms with Crippen LogP contribution >= 0.6 is 12.6 Å². The molecule has 0 aliphatic carbocycles. The van der Waals surface area contributed by atoms with Crippen molar-refractivity contribution in [2.75, 3.05) is 12.8 Å². The van der Waals surface area contributed by atoms with Crippen LogP contribution in [0.4, 0.5) is 0 Å². The summed E-state index contributed by atoms with van der Waals surface area (Å²) >= 11 is 4.28. The van der Waals surface area contributed by atoms with Crippen molar-refractivity contribution < 1.29 is 13.2 Å². The molecule has 0 aliphatic rings. The van der Waals surface area contributed by atoms with E-state index in [4.69, 9.17) is 0 Å². The molecule has 1 aromatic carbocycles. The Morgan fingerprint density at radius 3 is 2.35 bits per heavy atom. The van der Waals surface area contributed by atoms with Crippen LogP contribution < -0.4 is 5.32 Å². The van der Waals surface area contributed by atoms with E-state index < -0.39 is 19.8 Å². The van der Waals surface area contributed by atoms with Crippen LogP contribution in [-0.4, -0.2) is 37.1 Å². The summed E-state index contributed by atoms with van der Waals surface area (Å²) in [4.78, 5) is 11.9. The first-order chi connectivity index (χ1) is 9.13. The van der Waals surface area contributed by atoms with E-state index in [2.05, 4.69) is 17.9 Å². The van der Waals surface area contributed by atoms with Gasteiger partial charge in [-0.15, -0.1) is 0 Å². The van der Waals surface area contributed by atoms with Gasteiger partial charge in [0.15, 0.2) is 9.84 Å². The summed E-state index contributed by atoms with van der Waals surface area (Å²) in [6.45, 7) is 3.26. The maximum Gasteiger partial charge on any atom is 0.233 e. The fourth-order valence-electron chi connectivity index (χ4n) is 1.48. The average Bonchev–Trinajstić information content (AvgIpc) is 2.35. The number of thiol groups is 1. The van der Waals surface area contributed by atoms with Crippen molar-refractivity contribution in [1.82, 2.24) is 5.32 Å². The van der Waals surface area contributed by atoms with Gasteiger partial charge in [0.1, 0.15) is 0 Å². The Bertz CT molecular complexity index is 553. The smallest absolute Gasteiger partial charge is 0.233 e. The molecule has 0 heterocycles. The Labute approximate surface area is 126 Å². The molecule has 0 bridgehead atoms. The molecule has 1 unspecified atom stereocenters. The summed E-state index contributed by atoms with van der Waals surface area (Å²) in [7, 11) is -3.22. The van der Waals surface area contributed by atoms with Gasteiger partial charge in [-0.25, -0.2) is 8.42 Å². The highest BCUT2D eigenvalue weighted by atomic mass is 32.2. The first-order valence-corrected chi connectivity index (χ1v) is 8.73. The summed E-state index contributed by atoms with van der Waals surface area (Å²) in [5.41, 5.74) is 1.02. The van der Waals surface area contributed by atoms with Gasteiger partial charge in [-0.1, -0.05) is 30.3 Å². The lowest BCUT2D eigenvalue weighted by molar-refractivity contribution is -0.120. The van der Waals surface area contributed by atoms with Crippen LogP contribution in [-0.2, 0) is 21.1 Å². The molecule has 1 atom stereocenters. The van der Waals surface area contributed by atoms with Crippen LogP contribution in [0.1, 0.15) is 19.4 Å². The van der Waals surface area contributed by atoms with Gasteiger partial charge in [-0.3, -0.25) is 4.79 Å². The Morgan fingerprint density at radius 1 is 1.30 bits per heavy atom. The van der Waals surface area contributed by atoms with Crippen molar-refractivity contribution in [2.24, 2.45) is 0 Å². The fraction of sp³-hybridized carbons (Fsp3) is 0.500. The molecule has 1 amide bonds. The molecule has 20 heavy (non-hydrogen) atoms. The molecule has 0 aliphatic heterocycles. The number of hydrogen-bond acceptors (Lipinski definition) is 4. The summed E-state index contributed by atoms with van der Waals surface area (Å²) in [6, 6.07) is 9.57. The van der Waals surface area contributed by atoms with Gasteiger partial charge >= 0.3 is 0 Å². The standard InChI is InChI=1S/C14H21NO3S2/c1-14(2,20(3,17)18)10-15-13(16)12(19)9-11-7-5-4-6-8-11/h4-8,12,19H,9-10H2,1-3H3,(H,15,16). The van der Waals surface area contributed by atoms with Crippen molar-refractivity contribution in [3.63, 3.8) is 0 Å². The lowest BCUT2D eigenvalue weighted by Gasteiger charge is -2.23. The zero-order chi connectivity index (χ0) is 15.4. The molecule has 0 aromatic heterocycles. The zero-order valence-electron chi connectivity index (χ0n) is 12.0. The Kier molecular flexibility index (Phi) is 5.65. The Balaban J connectivity index is 2.55. The summed E-state index contributed by atoms with van der Waals surface area (Å²) in [6.07, 6.45) is 1.68. The van der Waals surface area contributed by atoms with Gasteiger partial charge in [0.25, 0.3) is 0 Å². The lowest BCUT2D eigenvalue weighted by atomic mass is 10.1. The van der Waals surface area contributed by atoms with Crippen molar-refractivity contribution in [2.45, 2.75) is 30.3 Å². The van der Waals surface area contributed by atoms with Gasteiger partial charge in [0.2, 0.25) is 5.91 Å². The molecule has 112 valence electrons. The monoisotopic (exact) mass is 315 g/mol. The van der Waals surface area contributed by atoms with Crippen LogP contribution in [0.2, 0.25) is 0 Å². The van der Waals surface area contributed by atoms with E-state index in [-0.39, 0.29) is 12.5 Å². The van der Waals surface area contributed by atoms with E-state index in [9.17, 15) is 13.2 Å². The van der Waals surface area contributed by atoms with Crippen molar-refractivity contribution >= 4 is 28.4 Å². The lowest BCUT2D eigenvalue weighted by Crippen LogP contribution is -2.46. The highest BCUT2D eigenvalue weighted by Crippen LogP contribution is 2.14. The molecule has 0 radical (unpaired) electrons. The second-order valence-corrected chi connectivity index (χ2v) is 8.73.